The average molecular weight is 176 g/mol. The first kappa shape index (κ1) is 10.0. The monoisotopic (exact) mass is 176 g/mol. The van der Waals surface area contributed by atoms with E-state index in [1.165, 1.54) is 5.56 Å². The third-order valence-corrected chi connectivity index (χ3v) is 2.04. The van der Waals surface area contributed by atoms with Crippen LogP contribution < -0.4 is 0 Å². The minimum atomic E-state index is 0.139. The van der Waals surface area contributed by atoms with Gasteiger partial charge in [0.1, 0.15) is 0 Å². The Kier molecular flexibility index (Phi) is 3.71. The van der Waals surface area contributed by atoms with Crippen LogP contribution in [0, 0.1) is 0 Å². The van der Waals surface area contributed by atoms with Crippen LogP contribution in [0.15, 0.2) is 42.5 Å². The molecule has 0 radical (unpaired) electrons. The van der Waals surface area contributed by atoms with Crippen LogP contribution >= 0.6 is 0 Å². The van der Waals surface area contributed by atoms with Crippen LogP contribution in [0.25, 0.3) is 0 Å². The molecule has 70 valence electrons. The molecule has 0 aliphatic heterocycles. The molecule has 1 aromatic carbocycles. The first-order valence-electron chi connectivity index (χ1n) is 4.51. The molecule has 0 fully saturated rings. The Morgan fingerprint density at radius 3 is 2.54 bits per heavy atom. The summed E-state index contributed by atoms with van der Waals surface area (Å²) in [4.78, 5) is 0. The Bertz CT molecular complexity index is 264. The van der Waals surface area contributed by atoms with Gasteiger partial charge in [0.15, 0.2) is 0 Å². The Morgan fingerprint density at radius 1 is 1.38 bits per heavy atom. The third kappa shape index (κ3) is 3.43. The predicted molar refractivity (Wildman–Crippen MR) is 55.5 cm³/mol. The van der Waals surface area contributed by atoms with Gasteiger partial charge in [-0.3, -0.25) is 0 Å². The van der Waals surface area contributed by atoms with E-state index in [-0.39, 0.29) is 6.10 Å². The number of benzene rings is 1. The summed E-state index contributed by atoms with van der Waals surface area (Å²) in [5.74, 6) is 0. The van der Waals surface area contributed by atoms with Gasteiger partial charge in [-0.15, -0.1) is 0 Å². The second kappa shape index (κ2) is 4.83. The molecule has 1 unspecified atom stereocenters. The summed E-state index contributed by atoms with van der Waals surface area (Å²) in [5, 5.41) is 0. The molecule has 0 aromatic heterocycles. The molecule has 0 bridgehead atoms. The van der Waals surface area contributed by atoms with Crippen LogP contribution in [0.5, 0.6) is 0 Å². The molecule has 0 saturated heterocycles. The highest BCUT2D eigenvalue weighted by atomic mass is 16.5. The highest BCUT2D eigenvalue weighted by molar-refractivity contribution is 5.13. The van der Waals surface area contributed by atoms with Crippen molar-refractivity contribution >= 4 is 0 Å². The summed E-state index contributed by atoms with van der Waals surface area (Å²) < 4.78 is 5.59. The lowest BCUT2D eigenvalue weighted by atomic mass is 10.2. The van der Waals surface area contributed by atoms with Gasteiger partial charge < -0.3 is 4.74 Å². The molecule has 1 nitrogen and oxygen atoms in total. The lowest BCUT2D eigenvalue weighted by Gasteiger charge is -2.12. The largest absolute Gasteiger partial charge is 0.370 e. The van der Waals surface area contributed by atoms with E-state index in [2.05, 4.69) is 18.7 Å². The molecule has 0 saturated carbocycles. The first-order chi connectivity index (χ1) is 6.20. The van der Waals surface area contributed by atoms with Gasteiger partial charge in [0.05, 0.1) is 12.7 Å². The Morgan fingerprint density at radius 2 is 2.00 bits per heavy atom. The molecular formula is C12H16O. The maximum absolute atomic E-state index is 5.59. The van der Waals surface area contributed by atoms with Crippen molar-refractivity contribution in [1.82, 2.24) is 0 Å². The van der Waals surface area contributed by atoms with Crippen molar-refractivity contribution in [3.63, 3.8) is 0 Å². The fourth-order valence-electron chi connectivity index (χ4n) is 0.938. The van der Waals surface area contributed by atoms with Gasteiger partial charge in [0.25, 0.3) is 0 Å². The molecule has 0 aliphatic carbocycles. The summed E-state index contributed by atoms with van der Waals surface area (Å²) in [5.41, 5.74) is 2.27. The van der Waals surface area contributed by atoms with Gasteiger partial charge in [-0.1, -0.05) is 42.5 Å². The highest BCUT2D eigenvalue weighted by Crippen LogP contribution is 2.07. The van der Waals surface area contributed by atoms with E-state index in [1.54, 1.807) is 0 Å². The molecule has 0 spiro atoms. The maximum Gasteiger partial charge on any atom is 0.0756 e. The minimum absolute atomic E-state index is 0.139. The zero-order chi connectivity index (χ0) is 9.68. The van der Waals surface area contributed by atoms with Crippen LogP contribution in [0.4, 0.5) is 0 Å². The topological polar surface area (TPSA) is 9.23 Å². The van der Waals surface area contributed by atoms with Crippen LogP contribution in [-0.4, -0.2) is 6.10 Å². The van der Waals surface area contributed by atoms with Crippen LogP contribution in [-0.2, 0) is 11.3 Å². The average Bonchev–Trinajstić information content (AvgIpc) is 2.15. The molecule has 0 amide bonds. The van der Waals surface area contributed by atoms with Crippen molar-refractivity contribution in [2.75, 3.05) is 0 Å². The van der Waals surface area contributed by atoms with Gasteiger partial charge in [-0.25, -0.2) is 0 Å². The van der Waals surface area contributed by atoms with E-state index in [1.807, 2.05) is 32.0 Å². The fourth-order valence-corrected chi connectivity index (χ4v) is 0.938. The van der Waals surface area contributed by atoms with Crippen molar-refractivity contribution in [3.05, 3.63) is 48.0 Å². The zero-order valence-corrected chi connectivity index (χ0v) is 8.29. The summed E-state index contributed by atoms with van der Waals surface area (Å²) in [7, 11) is 0. The lowest BCUT2D eigenvalue weighted by molar-refractivity contribution is 0.0769. The summed E-state index contributed by atoms with van der Waals surface area (Å²) in [6.07, 6.45) is 0.139. The number of ether oxygens (including phenoxy) is 1. The second-order valence-electron chi connectivity index (χ2n) is 3.29. The van der Waals surface area contributed by atoms with Crippen molar-refractivity contribution in [2.24, 2.45) is 0 Å². The van der Waals surface area contributed by atoms with Gasteiger partial charge in [0, 0.05) is 0 Å². The number of rotatable bonds is 4. The van der Waals surface area contributed by atoms with Gasteiger partial charge >= 0.3 is 0 Å². The normalized spacial score (nSPS) is 12.5. The number of hydrogen-bond acceptors (Lipinski definition) is 1. The van der Waals surface area contributed by atoms with Gasteiger partial charge in [-0.2, -0.15) is 0 Å². The molecule has 0 heterocycles. The minimum Gasteiger partial charge on any atom is -0.370 e. The van der Waals surface area contributed by atoms with Crippen molar-refractivity contribution < 1.29 is 4.74 Å². The molecule has 1 aromatic rings. The SMILES string of the molecule is C=C(C)C(C)OCc1ccccc1. The summed E-state index contributed by atoms with van der Waals surface area (Å²) >= 11 is 0. The van der Waals surface area contributed by atoms with Crippen molar-refractivity contribution in [3.8, 4) is 0 Å². The zero-order valence-electron chi connectivity index (χ0n) is 8.29. The van der Waals surface area contributed by atoms with Crippen molar-refractivity contribution in [1.29, 1.82) is 0 Å². The predicted octanol–water partition coefficient (Wildman–Crippen LogP) is 3.17. The quantitative estimate of drug-likeness (QED) is 0.640. The lowest BCUT2D eigenvalue weighted by Crippen LogP contribution is -2.08. The molecule has 1 heteroatoms. The molecular weight excluding hydrogens is 160 g/mol. The van der Waals surface area contributed by atoms with E-state index < -0.39 is 0 Å². The van der Waals surface area contributed by atoms with E-state index in [9.17, 15) is 0 Å². The van der Waals surface area contributed by atoms with Crippen molar-refractivity contribution in [2.45, 2.75) is 26.6 Å². The van der Waals surface area contributed by atoms with E-state index in [0.29, 0.717) is 6.61 Å². The summed E-state index contributed by atoms with van der Waals surface area (Å²) in [6, 6.07) is 10.2. The molecule has 13 heavy (non-hydrogen) atoms. The Labute approximate surface area is 80.0 Å². The van der Waals surface area contributed by atoms with E-state index >= 15 is 0 Å². The Hall–Kier alpha value is -1.08. The smallest absolute Gasteiger partial charge is 0.0756 e. The maximum atomic E-state index is 5.59. The molecule has 1 rings (SSSR count). The number of hydrogen-bond donors (Lipinski definition) is 0. The summed E-state index contributed by atoms with van der Waals surface area (Å²) in [6.45, 7) is 8.50. The van der Waals surface area contributed by atoms with Crippen LogP contribution in [0.2, 0.25) is 0 Å². The van der Waals surface area contributed by atoms with Gasteiger partial charge in [0.2, 0.25) is 0 Å². The second-order valence-corrected chi connectivity index (χ2v) is 3.29. The van der Waals surface area contributed by atoms with Gasteiger partial charge in [-0.05, 0) is 19.4 Å². The van der Waals surface area contributed by atoms with Crippen LogP contribution in [0.3, 0.4) is 0 Å². The Balaban J connectivity index is 2.39. The third-order valence-electron chi connectivity index (χ3n) is 2.04. The van der Waals surface area contributed by atoms with Crippen LogP contribution in [0.1, 0.15) is 19.4 Å². The van der Waals surface area contributed by atoms with E-state index in [4.69, 9.17) is 4.74 Å². The fraction of sp³-hybridized carbons (Fsp3) is 0.333. The molecule has 1 atom stereocenters. The first-order valence-corrected chi connectivity index (χ1v) is 4.51. The standard InChI is InChI=1S/C12H16O/c1-10(2)11(3)13-9-12-7-5-4-6-8-12/h4-8,11H,1,9H2,2-3H3. The molecule has 0 N–H and O–H groups in total. The molecule has 0 aliphatic rings. The van der Waals surface area contributed by atoms with E-state index in [0.717, 1.165) is 5.57 Å². The highest BCUT2D eigenvalue weighted by Gasteiger charge is 2.01.